The minimum Gasteiger partial charge on any atom is -0.362 e. The van der Waals surface area contributed by atoms with Crippen LogP contribution in [-0.4, -0.2) is 45.9 Å². The fourth-order valence-corrected chi connectivity index (χ4v) is 4.20. The lowest BCUT2D eigenvalue weighted by molar-refractivity contribution is -0.139. The standard InChI is InChI=1S/C23H27N5O3/c1-15-5-6-18-19(12-15)26-23(27-22(18)31)8-7-20(29)28(11-9-23)16(2)21(30)25-14-17-4-3-10-24-13-17/h3-6,10,12-13,16,26H,7-9,11,14H2,1-2H3,(H,25,30)(H,27,31)/t16-,23-/m0/s1. The van der Waals surface area contributed by atoms with Gasteiger partial charge >= 0.3 is 0 Å². The first-order valence-electron chi connectivity index (χ1n) is 10.5. The van der Waals surface area contributed by atoms with E-state index in [9.17, 15) is 14.4 Å². The van der Waals surface area contributed by atoms with Crippen molar-refractivity contribution in [1.82, 2.24) is 20.5 Å². The molecule has 0 saturated carbocycles. The number of fused-ring (bicyclic) bond motifs is 1. The van der Waals surface area contributed by atoms with Crippen LogP contribution in [0.15, 0.2) is 42.7 Å². The van der Waals surface area contributed by atoms with Crippen LogP contribution in [-0.2, 0) is 16.1 Å². The van der Waals surface area contributed by atoms with E-state index in [1.54, 1.807) is 24.2 Å². The highest BCUT2D eigenvalue weighted by Crippen LogP contribution is 2.32. The first-order valence-corrected chi connectivity index (χ1v) is 10.5. The lowest BCUT2D eigenvalue weighted by Gasteiger charge is -2.40. The van der Waals surface area contributed by atoms with Crippen LogP contribution in [0.3, 0.4) is 0 Å². The summed E-state index contributed by atoms with van der Waals surface area (Å²) in [7, 11) is 0. The van der Waals surface area contributed by atoms with Crippen LogP contribution in [0.2, 0.25) is 0 Å². The van der Waals surface area contributed by atoms with Gasteiger partial charge in [-0.25, -0.2) is 0 Å². The molecule has 2 aliphatic rings. The number of aryl methyl sites for hydroxylation is 1. The van der Waals surface area contributed by atoms with Gasteiger partial charge in [0.25, 0.3) is 5.91 Å². The molecule has 162 valence electrons. The number of benzene rings is 1. The summed E-state index contributed by atoms with van der Waals surface area (Å²) in [5.41, 5.74) is 2.64. The van der Waals surface area contributed by atoms with Crippen LogP contribution in [0.25, 0.3) is 0 Å². The van der Waals surface area contributed by atoms with Crippen molar-refractivity contribution in [3.05, 3.63) is 59.4 Å². The Morgan fingerprint density at radius 3 is 2.87 bits per heavy atom. The predicted octanol–water partition coefficient (Wildman–Crippen LogP) is 1.96. The third-order valence-corrected chi connectivity index (χ3v) is 6.05. The first-order chi connectivity index (χ1) is 14.9. The summed E-state index contributed by atoms with van der Waals surface area (Å²) in [4.78, 5) is 43.9. The largest absolute Gasteiger partial charge is 0.362 e. The second kappa shape index (κ2) is 8.37. The molecule has 0 aliphatic carbocycles. The maximum atomic E-state index is 12.8. The van der Waals surface area contributed by atoms with Crippen LogP contribution in [0.1, 0.15) is 47.7 Å². The van der Waals surface area contributed by atoms with Crippen molar-refractivity contribution in [3.63, 3.8) is 0 Å². The van der Waals surface area contributed by atoms with Crippen LogP contribution in [0.5, 0.6) is 0 Å². The number of rotatable bonds is 4. The maximum Gasteiger partial charge on any atom is 0.255 e. The third-order valence-electron chi connectivity index (χ3n) is 6.05. The quantitative estimate of drug-likeness (QED) is 0.700. The molecule has 2 aliphatic heterocycles. The zero-order chi connectivity index (χ0) is 22.0. The Morgan fingerprint density at radius 1 is 1.26 bits per heavy atom. The molecule has 0 bridgehead atoms. The van der Waals surface area contributed by atoms with Crippen molar-refractivity contribution in [2.75, 3.05) is 11.9 Å². The molecule has 0 radical (unpaired) electrons. The number of anilines is 1. The van der Waals surface area contributed by atoms with Crippen molar-refractivity contribution < 1.29 is 14.4 Å². The van der Waals surface area contributed by atoms with Gasteiger partial charge in [0.05, 0.1) is 5.56 Å². The smallest absolute Gasteiger partial charge is 0.255 e. The molecule has 1 fully saturated rings. The SMILES string of the molecule is Cc1ccc2c(c1)N[C@@]1(CCC(=O)N([C@@H](C)C(=O)NCc3cccnc3)CC1)NC2=O. The van der Waals surface area contributed by atoms with Crippen molar-refractivity contribution in [3.8, 4) is 0 Å². The summed E-state index contributed by atoms with van der Waals surface area (Å²) < 4.78 is 0. The van der Waals surface area contributed by atoms with Crippen molar-refractivity contribution in [2.45, 2.75) is 51.4 Å². The van der Waals surface area contributed by atoms with Gasteiger partial charge in [0.2, 0.25) is 11.8 Å². The average molecular weight is 422 g/mol. The van der Waals surface area contributed by atoms with Gasteiger partial charge in [-0.05, 0) is 49.6 Å². The van der Waals surface area contributed by atoms with E-state index in [-0.39, 0.29) is 24.1 Å². The number of nitrogens with zero attached hydrogens (tertiary/aromatic N) is 2. The summed E-state index contributed by atoms with van der Waals surface area (Å²) in [5, 5.41) is 9.40. The summed E-state index contributed by atoms with van der Waals surface area (Å²) in [6.07, 6.45) is 4.60. The number of pyridine rings is 1. The summed E-state index contributed by atoms with van der Waals surface area (Å²) in [6, 6.07) is 8.76. The molecule has 2 atom stereocenters. The highest BCUT2D eigenvalue weighted by molar-refractivity contribution is 6.02. The Bertz CT molecular complexity index is 1010. The molecule has 31 heavy (non-hydrogen) atoms. The molecular formula is C23H27N5O3. The van der Waals surface area contributed by atoms with Gasteiger partial charge in [0, 0.05) is 44.0 Å². The Balaban J connectivity index is 1.44. The average Bonchev–Trinajstić information content (AvgIpc) is 2.91. The van der Waals surface area contributed by atoms with Gasteiger partial charge in [0.15, 0.2) is 0 Å². The second-order valence-electron chi connectivity index (χ2n) is 8.30. The molecule has 1 aromatic heterocycles. The molecule has 3 amide bonds. The number of likely N-dealkylation sites (tertiary alicyclic amines) is 1. The minimum atomic E-state index is -0.700. The zero-order valence-electron chi connectivity index (χ0n) is 17.8. The van der Waals surface area contributed by atoms with Crippen LogP contribution >= 0.6 is 0 Å². The molecule has 1 spiro atoms. The second-order valence-corrected chi connectivity index (χ2v) is 8.30. The molecule has 3 N–H and O–H groups in total. The number of carbonyl (C=O) groups is 3. The van der Waals surface area contributed by atoms with E-state index < -0.39 is 11.7 Å². The number of hydrogen-bond acceptors (Lipinski definition) is 5. The van der Waals surface area contributed by atoms with Gasteiger partial charge in [-0.3, -0.25) is 19.4 Å². The van der Waals surface area contributed by atoms with E-state index in [1.165, 1.54) is 0 Å². The van der Waals surface area contributed by atoms with Gasteiger partial charge in [-0.15, -0.1) is 0 Å². The molecule has 2 aromatic rings. The van der Waals surface area contributed by atoms with E-state index >= 15 is 0 Å². The van der Waals surface area contributed by atoms with Gasteiger partial charge in [-0.2, -0.15) is 0 Å². The summed E-state index contributed by atoms with van der Waals surface area (Å²) >= 11 is 0. The predicted molar refractivity (Wildman–Crippen MR) is 116 cm³/mol. The first kappa shape index (κ1) is 20.8. The maximum absolute atomic E-state index is 12.8. The van der Waals surface area contributed by atoms with Crippen molar-refractivity contribution in [1.29, 1.82) is 0 Å². The van der Waals surface area contributed by atoms with Crippen LogP contribution < -0.4 is 16.0 Å². The van der Waals surface area contributed by atoms with Gasteiger partial charge in [0.1, 0.15) is 11.7 Å². The zero-order valence-corrected chi connectivity index (χ0v) is 17.8. The highest BCUT2D eigenvalue weighted by Gasteiger charge is 2.41. The van der Waals surface area contributed by atoms with E-state index in [0.717, 1.165) is 16.8 Å². The van der Waals surface area contributed by atoms with Gasteiger partial charge in [-0.1, -0.05) is 12.1 Å². The Kier molecular flexibility index (Phi) is 5.63. The Morgan fingerprint density at radius 2 is 2.10 bits per heavy atom. The summed E-state index contributed by atoms with van der Waals surface area (Å²) in [5.74, 6) is -0.446. The van der Waals surface area contributed by atoms with Crippen molar-refractivity contribution >= 4 is 23.4 Å². The molecule has 4 rings (SSSR count). The molecule has 3 heterocycles. The lowest BCUT2D eigenvalue weighted by Crippen LogP contribution is -2.58. The Labute approximate surface area is 181 Å². The Hall–Kier alpha value is -3.42. The fraction of sp³-hybridized carbons (Fsp3) is 0.391. The molecule has 8 nitrogen and oxygen atoms in total. The number of carbonyl (C=O) groups excluding carboxylic acids is 3. The summed E-state index contributed by atoms with van der Waals surface area (Å²) in [6.45, 7) is 4.44. The van der Waals surface area contributed by atoms with E-state index in [2.05, 4.69) is 20.9 Å². The number of amides is 3. The van der Waals surface area contributed by atoms with Gasteiger partial charge < -0.3 is 20.9 Å². The number of aromatic nitrogens is 1. The fourth-order valence-electron chi connectivity index (χ4n) is 4.20. The lowest BCUT2D eigenvalue weighted by atomic mass is 9.94. The normalized spacial score (nSPS) is 21.5. The van der Waals surface area contributed by atoms with E-state index in [1.807, 2.05) is 37.3 Å². The van der Waals surface area contributed by atoms with Crippen LogP contribution in [0, 0.1) is 6.92 Å². The van der Waals surface area contributed by atoms with Crippen LogP contribution in [0.4, 0.5) is 5.69 Å². The molecular weight excluding hydrogens is 394 g/mol. The molecule has 0 unspecified atom stereocenters. The third kappa shape index (κ3) is 4.38. The van der Waals surface area contributed by atoms with E-state index in [4.69, 9.17) is 0 Å². The highest BCUT2D eigenvalue weighted by atomic mass is 16.2. The van der Waals surface area contributed by atoms with Crippen molar-refractivity contribution in [2.24, 2.45) is 0 Å². The minimum absolute atomic E-state index is 0.0907. The molecule has 8 heteroatoms. The number of hydrogen-bond donors (Lipinski definition) is 3. The van der Waals surface area contributed by atoms with E-state index in [0.29, 0.717) is 31.5 Å². The topological polar surface area (TPSA) is 103 Å². The molecule has 1 saturated heterocycles. The number of nitrogens with one attached hydrogen (secondary N) is 3. The molecule has 1 aromatic carbocycles. The monoisotopic (exact) mass is 421 g/mol.